The summed E-state index contributed by atoms with van der Waals surface area (Å²) in [6.07, 6.45) is 0. The summed E-state index contributed by atoms with van der Waals surface area (Å²) in [5, 5.41) is 6.13. The Bertz CT molecular complexity index is 937. The molecule has 5 heteroatoms. The zero-order chi connectivity index (χ0) is 19.2. The molecule has 0 radical (unpaired) electrons. The first-order valence-electron chi connectivity index (χ1n) is 8.62. The highest BCUT2D eigenvalue weighted by Gasteiger charge is 2.21. The van der Waals surface area contributed by atoms with Crippen molar-refractivity contribution in [3.05, 3.63) is 95.6 Å². The van der Waals surface area contributed by atoms with Crippen LogP contribution >= 0.6 is 0 Å². The molecule has 0 aliphatic heterocycles. The Kier molecular flexibility index (Phi) is 5.52. The van der Waals surface area contributed by atoms with Crippen LogP contribution in [0.1, 0.15) is 27.5 Å². The van der Waals surface area contributed by atoms with E-state index >= 15 is 0 Å². The van der Waals surface area contributed by atoms with Crippen molar-refractivity contribution in [3.63, 3.8) is 0 Å². The molecule has 0 spiro atoms. The lowest BCUT2D eigenvalue weighted by Crippen LogP contribution is -2.27. The minimum absolute atomic E-state index is 0.200. The molecule has 27 heavy (non-hydrogen) atoms. The van der Waals surface area contributed by atoms with Crippen LogP contribution in [0, 0.1) is 6.92 Å². The molecule has 5 nitrogen and oxygen atoms in total. The van der Waals surface area contributed by atoms with Crippen LogP contribution in [0.2, 0.25) is 0 Å². The lowest BCUT2D eigenvalue weighted by atomic mass is 10.0. The second kappa shape index (κ2) is 8.19. The summed E-state index contributed by atoms with van der Waals surface area (Å²) in [5.41, 5.74) is 9.02. The second-order valence-electron chi connectivity index (χ2n) is 6.29. The normalized spacial score (nSPS) is 11.4. The largest absolute Gasteiger partial charge is 0.370 e. The van der Waals surface area contributed by atoms with Gasteiger partial charge < -0.3 is 16.4 Å². The van der Waals surface area contributed by atoms with E-state index in [0.717, 1.165) is 16.8 Å². The van der Waals surface area contributed by atoms with Gasteiger partial charge in [0.15, 0.2) is 0 Å². The molecule has 3 aromatic carbocycles. The van der Waals surface area contributed by atoms with Crippen molar-refractivity contribution in [2.45, 2.75) is 13.0 Å². The third kappa shape index (κ3) is 4.73. The molecule has 0 unspecified atom stereocenters. The van der Waals surface area contributed by atoms with Crippen LogP contribution in [-0.2, 0) is 4.79 Å². The number of benzene rings is 3. The molecule has 2 amide bonds. The molecule has 4 N–H and O–H groups in total. The number of primary amides is 1. The summed E-state index contributed by atoms with van der Waals surface area (Å²) >= 11 is 0. The first-order chi connectivity index (χ1) is 13.0. The van der Waals surface area contributed by atoms with Gasteiger partial charge in [-0.05, 0) is 42.8 Å². The molecule has 0 heterocycles. The van der Waals surface area contributed by atoms with Gasteiger partial charge in [-0.3, -0.25) is 9.59 Å². The SMILES string of the molecule is Cc1ccc(NC(=O)[C@@H](Nc2cccc(C(N)=O)c2)c2ccccc2)cc1. The topological polar surface area (TPSA) is 84.2 Å². The highest BCUT2D eigenvalue weighted by molar-refractivity contribution is 5.98. The molecule has 0 bridgehead atoms. The molecular weight excluding hydrogens is 338 g/mol. The summed E-state index contributed by atoms with van der Waals surface area (Å²) in [6.45, 7) is 1.99. The van der Waals surface area contributed by atoms with Crippen molar-refractivity contribution in [2.75, 3.05) is 10.6 Å². The summed E-state index contributed by atoms with van der Waals surface area (Å²) in [7, 11) is 0. The number of nitrogens with one attached hydrogen (secondary N) is 2. The molecule has 0 saturated heterocycles. The number of carbonyl (C=O) groups is 2. The van der Waals surface area contributed by atoms with E-state index < -0.39 is 11.9 Å². The fourth-order valence-corrected chi connectivity index (χ4v) is 2.73. The Morgan fingerprint density at radius 1 is 0.852 bits per heavy atom. The fraction of sp³-hybridized carbons (Fsp3) is 0.0909. The van der Waals surface area contributed by atoms with Gasteiger partial charge in [-0.1, -0.05) is 54.1 Å². The molecule has 0 aliphatic rings. The van der Waals surface area contributed by atoms with Gasteiger partial charge >= 0.3 is 0 Å². The van der Waals surface area contributed by atoms with Crippen molar-refractivity contribution in [1.82, 2.24) is 0 Å². The van der Waals surface area contributed by atoms with E-state index in [4.69, 9.17) is 5.73 Å². The van der Waals surface area contributed by atoms with Gasteiger partial charge in [0.2, 0.25) is 5.91 Å². The van der Waals surface area contributed by atoms with Crippen molar-refractivity contribution in [3.8, 4) is 0 Å². The Hall–Kier alpha value is -3.60. The maximum absolute atomic E-state index is 13.0. The predicted molar refractivity (Wildman–Crippen MR) is 108 cm³/mol. The minimum atomic E-state index is -0.629. The van der Waals surface area contributed by atoms with E-state index in [-0.39, 0.29) is 5.91 Å². The van der Waals surface area contributed by atoms with Crippen LogP contribution in [-0.4, -0.2) is 11.8 Å². The third-order valence-corrected chi connectivity index (χ3v) is 4.17. The number of hydrogen-bond acceptors (Lipinski definition) is 3. The average Bonchev–Trinajstić information content (AvgIpc) is 2.68. The van der Waals surface area contributed by atoms with Crippen molar-refractivity contribution in [1.29, 1.82) is 0 Å². The van der Waals surface area contributed by atoms with Gasteiger partial charge in [0.1, 0.15) is 6.04 Å². The quantitative estimate of drug-likeness (QED) is 0.624. The zero-order valence-electron chi connectivity index (χ0n) is 15.0. The molecule has 0 aromatic heterocycles. The summed E-state index contributed by atoms with van der Waals surface area (Å²) in [4.78, 5) is 24.4. The van der Waals surface area contributed by atoms with Gasteiger partial charge in [-0.2, -0.15) is 0 Å². The van der Waals surface area contributed by atoms with Crippen LogP contribution in [0.4, 0.5) is 11.4 Å². The highest BCUT2D eigenvalue weighted by atomic mass is 16.2. The molecule has 0 saturated carbocycles. The Morgan fingerprint density at radius 2 is 1.56 bits per heavy atom. The number of anilines is 2. The lowest BCUT2D eigenvalue weighted by Gasteiger charge is -2.20. The molecule has 3 aromatic rings. The maximum atomic E-state index is 13.0. The number of nitrogens with two attached hydrogens (primary N) is 1. The first-order valence-corrected chi connectivity index (χ1v) is 8.62. The predicted octanol–water partition coefficient (Wildman–Crippen LogP) is 3.89. The Balaban J connectivity index is 1.87. The fourth-order valence-electron chi connectivity index (χ4n) is 2.73. The van der Waals surface area contributed by atoms with E-state index in [9.17, 15) is 9.59 Å². The average molecular weight is 359 g/mol. The van der Waals surface area contributed by atoms with Gasteiger partial charge in [0.05, 0.1) is 0 Å². The Labute approximate surface area is 158 Å². The second-order valence-corrected chi connectivity index (χ2v) is 6.29. The molecular formula is C22H21N3O2. The summed E-state index contributed by atoms with van der Waals surface area (Å²) in [6, 6.07) is 23.2. The standard InChI is InChI=1S/C22H21N3O2/c1-15-10-12-18(13-11-15)25-22(27)20(16-6-3-2-4-7-16)24-19-9-5-8-17(14-19)21(23)26/h2-14,20,24H,1H3,(H2,23,26)(H,25,27)/t20-/m0/s1. The number of rotatable bonds is 6. The zero-order valence-corrected chi connectivity index (χ0v) is 15.0. The van der Waals surface area contributed by atoms with E-state index in [1.807, 2.05) is 61.5 Å². The molecule has 136 valence electrons. The molecule has 0 aliphatic carbocycles. The monoisotopic (exact) mass is 359 g/mol. The number of aryl methyl sites for hydroxylation is 1. The van der Waals surface area contributed by atoms with E-state index in [1.165, 1.54) is 0 Å². The van der Waals surface area contributed by atoms with Crippen LogP contribution in [0.15, 0.2) is 78.9 Å². The van der Waals surface area contributed by atoms with Crippen molar-refractivity contribution < 1.29 is 9.59 Å². The number of carbonyl (C=O) groups excluding carboxylic acids is 2. The van der Waals surface area contributed by atoms with Crippen LogP contribution in [0.5, 0.6) is 0 Å². The first kappa shape index (κ1) is 18.2. The summed E-state index contributed by atoms with van der Waals surface area (Å²) in [5.74, 6) is -0.714. The third-order valence-electron chi connectivity index (χ3n) is 4.17. The highest BCUT2D eigenvalue weighted by Crippen LogP contribution is 2.22. The van der Waals surface area contributed by atoms with Crippen LogP contribution in [0.3, 0.4) is 0 Å². The van der Waals surface area contributed by atoms with Crippen LogP contribution < -0.4 is 16.4 Å². The van der Waals surface area contributed by atoms with Gasteiger partial charge in [-0.15, -0.1) is 0 Å². The van der Waals surface area contributed by atoms with Crippen molar-refractivity contribution >= 4 is 23.2 Å². The molecule has 3 rings (SSSR count). The van der Waals surface area contributed by atoms with Crippen LogP contribution in [0.25, 0.3) is 0 Å². The smallest absolute Gasteiger partial charge is 0.251 e. The lowest BCUT2D eigenvalue weighted by molar-refractivity contribution is -0.117. The van der Waals surface area contributed by atoms with E-state index in [0.29, 0.717) is 11.3 Å². The van der Waals surface area contributed by atoms with E-state index in [1.54, 1.807) is 24.3 Å². The van der Waals surface area contributed by atoms with Crippen molar-refractivity contribution in [2.24, 2.45) is 5.73 Å². The minimum Gasteiger partial charge on any atom is -0.370 e. The number of hydrogen-bond donors (Lipinski definition) is 3. The molecule has 0 fully saturated rings. The van der Waals surface area contributed by atoms with Gasteiger partial charge in [-0.25, -0.2) is 0 Å². The Morgan fingerprint density at radius 3 is 2.22 bits per heavy atom. The van der Waals surface area contributed by atoms with E-state index in [2.05, 4.69) is 10.6 Å². The molecule has 1 atom stereocenters. The van der Waals surface area contributed by atoms with Gasteiger partial charge in [0.25, 0.3) is 5.91 Å². The summed E-state index contributed by atoms with van der Waals surface area (Å²) < 4.78 is 0. The number of amides is 2. The maximum Gasteiger partial charge on any atom is 0.251 e. The van der Waals surface area contributed by atoms with Gasteiger partial charge in [0, 0.05) is 16.9 Å².